The van der Waals surface area contributed by atoms with Crippen molar-refractivity contribution in [3.05, 3.63) is 58.1 Å². The van der Waals surface area contributed by atoms with E-state index in [0.717, 1.165) is 10.6 Å². The summed E-state index contributed by atoms with van der Waals surface area (Å²) in [5.41, 5.74) is 0.229. The minimum Gasteiger partial charge on any atom is -0.467 e. The van der Waals surface area contributed by atoms with Gasteiger partial charge in [0.2, 0.25) is 17.5 Å². The van der Waals surface area contributed by atoms with Crippen molar-refractivity contribution in [2.75, 3.05) is 5.32 Å². The lowest BCUT2D eigenvalue weighted by atomic mass is 10.4. The predicted molar refractivity (Wildman–Crippen MR) is 80.5 cm³/mol. The van der Waals surface area contributed by atoms with Gasteiger partial charge in [-0.1, -0.05) is 6.07 Å². The number of anilines is 1. The molecule has 104 valence electrons. The van der Waals surface area contributed by atoms with Gasteiger partial charge in [-0.15, -0.1) is 11.3 Å². The summed E-state index contributed by atoms with van der Waals surface area (Å²) < 4.78 is 10.7. The van der Waals surface area contributed by atoms with Gasteiger partial charge in [0.25, 0.3) is 0 Å². The number of thiophene rings is 1. The monoisotopic (exact) mass is 297 g/mol. The zero-order valence-electron chi connectivity index (χ0n) is 10.9. The Balaban J connectivity index is 1.73. The van der Waals surface area contributed by atoms with Gasteiger partial charge in [-0.05, 0) is 29.7 Å². The lowest BCUT2D eigenvalue weighted by Crippen LogP contribution is -1.98. The molecule has 3 heterocycles. The van der Waals surface area contributed by atoms with Crippen molar-refractivity contribution >= 4 is 29.4 Å². The highest BCUT2D eigenvalue weighted by Gasteiger charge is 2.11. The van der Waals surface area contributed by atoms with Crippen molar-refractivity contribution in [2.45, 2.75) is 6.54 Å². The quantitative estimate of drug-likeness (QED) is 0.770. The summed E-state index contributed by atoms with van der Waals surface area (Å²) in [6.07, 6.45) is 5.23. The topological polar surface area (TPSA) is 75.0 Å². The van der Waals surface area contributed by atoms with Gasteiger partial charge in [-0.25, -0.2) is 0 Å². The summed E-state index contributed by atoms with van der Waals surface area (Å²) in [4.78, 5) is 5.22. The van der Waals surface area contributed by atoms with E-state index in [1.807, 2.05) is 35.7 Å². The van der Waals surface area contributed by atoms with Gasteiger partial charge in [-0.2, -0.15) is 10.2 Å². The molecule has 0 bridgehead atoms. The highest BCUT2D eigenvalue weighted by molar-refractivity contribution is 7.10. The van der Waals surface area contributed by atoms with Crippen LogP contribution in [0.2, 0.25) is 0 Å². The van der Waals surface area contributed by atoms with Crippen LogP contribution in [0.4, 0.5) is 5.88 Å². The molecule has 0 unspecified atom stereocenters. The van der Waals surface area contributed by atoms with Gasteiger partial charge in [0.05, 0.1) is 12.8 Å². The second kappa shape index (κ2) is 6.11. The van der Waals surface area contributed by atoms with E-state index >= 15 is 0 Å². The minimum atomic E-state index is 0.229. The number of nitrogens with one attached hydrogen (secondary N) is 1. The highest BCUT2D eigenvalue weighted by atomic mass is 32.1. The molecule has 3 rings (SSSR count). The summed E-state index contributed by atoms with van der Waals surface area (Å²) in [6, 6.07) is 9.61. The van der Waals surface area contributed by atoms with Crippen molar-refractivity contribution in [1.82, 2.24) is 4.98 Å². The van der Waals surface area contributed by atoms with Crippen LogP contribution in [0.15, 0.2) is 44.7 Å². The van der Waals surface area contributed by atoms with Crippen LogP contribution in [0.1, 0.15) is 22.2 Å². The van der Waals surface area contributed by atoms with E-state index in [0.29, 0.717) is 18.3 Å². The van der Waals surface area contributed by atoms with Crippen molar-refractivity contribution in [2.24, 2.45) is 0 Å². The smallest absolute Gasteiger partial charge is 0.232 e. The van der Waals surface area contributed by atoms with Crippen LogP contribution in [0.5, 0.6) is 0 Å². The Morgan fingerprint density at radius 2 is 2.29 bits per heavy atom. The Kier molecular flexibility index (Phi) is 3.85. The molecule has 5 nitrogen and oxygen atoms in total. The van der Waals surface area contributed by atoms with Gasteiger partial charge >= 0.3 is 0 Å². The van der Waals surface area contributed by atoms with E-state index in [-0.39, 0.29) is 5.69 Å². The maximum Gasteiger partial charge on any atom is 0.232 e. The molecule has 0 radical (unpaired) electrons. The molecule has 3 aromatic heterocycles. The number of nitrogens with zero attached hydrogens (tertiary/aromatic N) is 2. The molecule has 21 heavy (non-hydrogen) atoms. The van der Waals surface area contributed by atoms with Crippen molar-refractivity contribution in [3.8, 4) is 6.07 Å². The molecule has 0 aromatic carbocycles. The SMILES string of the molecule is N#Cc1nc(/C=C/c2cccs2)oc1NCc1ccco1. The molecule has 0 saturated carbocycles. The summed E-state index contributed by atoms with van der Waals surface area (Å²) in [5.74, 6) is 1.49. The molecular weight excluding hydrogens is 286 g/mol. The lowest BCUT2D eigenvalue weighted by Gasteiger charge is -1.98. The molecule has 0 aliphatic heterocycles. The average Bonchev–Trinajstić information content (AvgIpc) is 3.23. The highest BCUT2D eigenvalue weighted by Crippen LogP contribution is 2.20. The van der Waals surface area contributed by atoms with Crippen LogP contribution in [0.3, 0.4) is 0 Å². The first-order valence-corrected chi connectivity index (χ1v) is 7.12. The maximum absolute atomic E-state index is 9.08. The molecule has 3 aromatic rings. The van der Waals surface area contributed by atoms with Crippen LogP contribution in [-0.2, 0) is 6.54 Å². The van der Waals surface area contributed by atoms with E-state index < -0.39 is 0 Å². The second-order valence-electron chi connectivity index (χ2n) is 4.12. The molecule has 0 atom stereocenters. The number of furan rings is 1. The fourth-order valence-corrected chi connectivity index (χ4v) is 2.34. The maximum atomic E-state index is 9.08. The normalized spacial score (nSPS) is 10.8. The van der Waals surface area contributed by atoms with Crippen molar-refractivity contribution < 1.29 is 8.83 Å². The minimum absolute atomic E-state index is 0.229. The molecule has 6 heteroatoms. The third-order valence-electron chi connectivity index (χ3n) is 2.69. The standard InChI is InChI=1S/C15H11N3O2S/c16-9-13-15(17-10-11-3-1-7-19-11)20-14(18-13)6-5-12-4-2-8-21-12/h1-8,17H,10H2/b6-5+. The van der Waals surface area contributed by atoms with Gasteiger partial charge in [0.15, 0.2) is 0 Å². The molecule has 0 aliphatic carbocycles. The van der Waals surface area contributed by atoms with E-state index in [4.69, 9.17) is 14.1 Å². The molecular formula is C15H11N3O2S. The molecule has 0 spiro atoms. The molecule has 0 aliphatic rings. The van der Waals surface area contributed by atoms with Crippen LogP contribution < -0.4 is 5.32 Å². The number of oxazole rings is 1. The first kappa shape index (κ1) is 13.2. The number of nitriles is 1. The molecule has 0 fully saturated rings. The van der Waals surface area contributed by atoms with Crippen LogP contribution in [0, 0.1) is 11.3 Å². The van der Waals surface area contributed by atoms with Gasteiger partial charge < -0.3 is 14.2 Å². The zero-order chi connectivity index (χ0) is 14.5. The third-order valence-corrected chi connectivity index (χ3v) is 3.52. The van der Waals surface area contributed by atoms with E-state index in [9.17, 15) is 0 Å². The fourth-order valence-electron chi connectivity index (χ4n) is 1.72. The molecule has 1 N–H and O–H groups in total. The first-order chi connectivity index (χ1) is 10.3. The second-order valence-corrected chi connectivity index (χ2v) is 5.10. The van der Waals surface area contributed by atoms with Crippen LogP contribution in [0.25, 0.3) is 12.2 Å². The number of hydrogen-bond acceptors (Lipinski definition) is 6. The fraction of sp³-hybridized carbons (Fsp3) is 0.0667. The Bertz CT molecular complexity index is 765. The van der Waals surface area contributed by atoms with E-state index in [1.54, 1.807) is 29.7 Å². The number of rotatable bonds is 5. The first-order valence-electron chi connectivity index (χ1n) is 6.24. The lowest BCUT2D eigenvalue weighted by molar-refractivity contribution is 0.509. The van der Waals surface area contributed by atoms with Gasteiger partial charge in [-0.3, -0.25) is 0 Å². The summed E-state index contributed by atoms with van der Waals surface area (Å²) in [6.45, 7) is 0.435. The Labute approximate surface area is 125 Å². The van der Waals surface area contributed by atoms with Crippen LogP contribution in [-0.4, -0.2) is 4.98 Å². The molecule has 0 saturated heterocycles. The Morgan fingerprint density at radius 1 is 1.33 bits per heavy atom. The number of hydrogen-bond donors (Lipinski definition) is 1. The molecule has 0 amide bonds. The van der Waals surface area contributed by atoms with Crippen molar-refractivity contribution in [3.63, 3.8) is 0 Å². The predicted octanol–water partition coefficient (Wildman–Crippen LogP) is 3.98. The Morgan fingerprint density at radius 3 is 3.00 bits per heavy atom. The van der Waals surface area contributed by atoms with Crippen LogP contribution >= 0.6 is 11.3 Å². The van der Waals surface area contributed by atoms with Gasteiger partial charge in [0, 0.05) is 11.0 Å². The van der Waals surface area contributed by atoms with E-state index in [1.165, 1.54) is 0 Å². The third kappa shape index (κ3) is 3.22. The zero-order valence-corrected chi connectivity index (χ0v) is 11.8. The average molecular weight is 297 g/mol. The number of aromatic nitrogens is 1. The summed E-state index contributed by atoms with van der Waals surface area (Å²) >= 11 is 1.62. The van der Waals surface area contributed by atoms with E-state index in [2.05, 4.69) is 10.3 Å². The summed E-state index contributed by atoms with van der Waals surface area (Å²) in [5, 5.41) is 14.1. The summed E-state index contributed by atoms with van der Waals surface area (Å²) in [7, 11) is 0. The van der Waals surface area contributed by atoms with Crippen molar-refractivity contribution in [1.29, 1.82) is 5.26 Å². The largest absolute Gasteiger partial charge is 0.467 e. The Hall–Kier alpha value is -2.78. The van der Waals surface area contributed by atoms with Gasteiger partial charge in [0.1, 0.15) is 11.8 Å².